The van der Waals surface area contributed by atoms with E-state index in [9.17, 15) is 4.79 Å². The van der Waals surface area contributed by atoms with Crippen LogP contribution in [0.15, 0.2) is 36.1 Å². The number of nitrogens with zero attached hydrogens (tertiary/aromatic N) is 3. The summed E-state index contributed by atoms with van der Waals surface area (Å²) in [6.45, 7) is 1.94. The Kier molecular flexibility index (Phi) is 5.71. The molecule has 122 valence electrons. The monoisotopic (exact) mass is 331 g/mol. The molecule has 2 aromatic heterocycles. The Morgan fingerprint density at radius 1 is 1.39 bits per heavy atom. The van der Waals surface area contributed by atoms with Crippen LogP contribution in [0.4, 0.5) is 0 Å². The second-order valence-electron chi connectivity index (χ2n) is 5.63. The van der Waals surface area contributed by atoms with Gasteiger partial charge in [-0.05, 0) is 30.7 Å². The molecule has 1 aliphatic heterocycles. The first-order chi connectivity index (χ1) is 11.3. The number of hydrogen-bond donors (Lipinski definition) is 0. The van der Waals surface area contributed by atoms with Gasteiger partial charge in [0.15, 0.2) is 0 Å². The van der Waals surface area contributed by atoms with E-state index in [2.05, 4.69) is 21.4 Å². The SMILES string of the molecule is O=C(CCc1cccs1)N1CCOC[C@@H]1CCc1cnccn1. The molecule has 3 rings (SSSR count). The van der Waals surface area contributed by atoms with Crippen LogP contribution >= 0.6 is 11.3 Å². The molecule has 0 bridgehead atoms. The molecular formula is C17H21N3O2S. The van der Waals surface area contributed by atoms with Gasteiger partial charge in [0.05, 0.1) is 24.9 Å². The topological polar surface area (TPSA) is 55.3 Å². The number of aromatic nitrogens is 2. The zero-order valence-corrected chi connectivity index (χ0v) is 13.9. The van der Waals surface area contributed by atoms with Gasteiger partial charge in [-0.3, -0.25) is 14.8 Å². The molecule has 0 spiro atoms. The van der Waals surface area contributed by atoms with Crippen molar-refractivity contribution in [3.8, 4) is 0 Å². The third-order valence-corrected chi connectivity index (χ3v) is 5.00. The normalized spacial score (nSPS) is 18.1. The Balaban J connectivity index is 1.53. The van der Waals surface area contributed by atoms with Crippen LogP contribution in [0.25, 0.3) is 0 Å². The van der Waals surface area contributed by atoms with Crippen LogP contribution in [-0.2, 0) is 22.4 Å². The first-order valence-corrected chi connectivity index (χ1v) is 8.85. The van der Waals surface area contributed by atoms with Gasteiger partial charge in [-0.25, -0.2) is 0 Å². The highest BCUT2D eigenvalue weighted by molar-refractivity contribution is 7.09. The lowest BCUT2D eigenvalue weighted by Gasteiger charge is -2.35. The van der Waals surface area contributed by atoms with Crippen LogP contribution in [0, 0.1) is 0 Å². The molecular weight excluding hydrogens is 310 g/mol. The van der Waals surface area contributed by atoms with Crippen molar-refractivity contribution in [3.63, 3.8) is 0 Å². The second-order valence-corrected chi connectivity index (χ2v) is 6.66. The first-order valence-electron chi connectivity index (χ1n) is 7.97. The largest absolute Gasteiger partial charge is 0.377 e. The van der Waals surface area contributed by atoms with Crippen LogP contribution in [-0.4, -0.2) is 46.6 Å². The summed E-state index contributed by atoms with van der Waals surface area (Å²) in [5, 5.41) is 2.05. The van der Waals surface area contributed by atoms with E-state index in [4.69, 9.17) is 4.74 Å². The van der Waals surface area contributed by atoms with Gasteiger partial charge in [0.1, 0.15) is 0 Å². The number of thiophene rings is 1. The minimum absolute atomic E-state index is 0.140. The first kappa shape index (κ1) is 16.1. The summed E-state index contributed by atoms with van der Waals surface area (Å²) in [5.41, 5.74) is 0.962. The Morgan fingerprint density at radius 2 is 2.35 bits per heavy atom. The lowest BCUT2D eigenvalue weighted by atomic mass is 10.1. The highest BCUT2D eigenvalue weighted by Gasteiger charge is 2.26. The van der Waals surface area contributed by atoms with Crippen molar-refractivity contribution in [1.82, 2.24) is 14.9 Å². The summed E-state index contributed by atoms with van der Waals surface area (Å²) in [5.74, 6) is 0.228. The zero-order chi connectivity index (χ0) is 15.9. The molecule has 1 fully saturated rings. The Hall–Kier alpha value is -1.79. The quantitative estimate of drug-likeness (QED) is 0.815. The smallest absolute Gasteiger partial charge is 0.223 e. The van der Waals surface area contributed by atoms with Crippen molar-refractivity contribution < 1.29 is 9.53 Å². The molecule has 3 heterocycles. The molecule has 2 aromatic rings. The summed E-state index contributed by atoms with van der Waals surface area (Å²) in [4.78, 5) is 24.2. The lowest BCUT2D eigenvalue weighted by Crippen LogP contribution is -2.49. The summed E-state index contributed by atoms with van der Waals surface area (Å²) in [6.07, 6.45) is 8.24. The van der Waals surface area contributed by atoms with Gasteiger partial charge in [-0.15, -0.1) is 11.3 Å². The van der Waals surface area contributed by atoms with Gasteiger partial charge in [0.25, 0.3) is 0 Å². The highest BCUT2D eigenvalue weighted by atomic mass is 32.1. The molecule has 0 aromatic carbocycles. The molecule has 1 atom stereocenters. The van der Waals surface area contributed by atoms with Crippen LogP contribution in [0.5, 0.6) is 0 Å². The molecule has 5 nitrogen and oxygen atoms in total. The Morgan fingerprint density at radius 3 is 3.13 bits per heavy atom. The van der Waals surface area contributed by atoms with Crippen molar-refractivity contribution >= 4 is 17.2 Å². The van der Waals surface area contributed by atoms with Gasteiger partial charge in [0.2, 0.25) is 5.91 Å². The summed E-state index contributed by atoms with van der Waals surface area (Å²) in [6, 6.07) is 4.26. The molecule has 0 unspecified atom stereocenters. The maximum atomic E-state index is 12.6. The van der Waals surface area contributed by atoms with Gasteiger partial charge in [0, 0.05) is 36.4 Å². The molecule has 6 heteroatoms. The fourth-order valence-electron chi connectivity index (χ4n) is 2.82. The van der Waals surface area contributed by atoms with E-state index in [0.717, 1.165) is 25.0 Å². The number of ether oxygens (including phenoxy) is 1. The maximum Gasteiger partial charge on any atom is 0.223 e. The molecule has 0 aliphatic carbocycles. The number of carbonyl (C=O) groups is 1. The number of carbonyl (C=O) groups excluding carboxylic acids is 1. The average Bonchev–Trinajstić information content (AvgIpc) is 3.12. The minimum atomic E-state index is 0.140. The van der Waals surface area contributed by atoms with Crippen LogP contribution in [0.3, 0.4) is 0 Å². The predicted octanol–water partition coefficient (Wildman–Crippen LogP) is 2.33. The van der Waals surface area contributed by atoms with Gasteiger partial charge in [-0.2, -0.15) is 0 Å². The zero-order valence-electron chi connectivity index (χ0n) is 13.1. The van der Waals surface area contributed by atoms with Crippen molar-refractivity contribution in [1.29, 1.82) is 0 Å². The van der Waals surface area contributed by atoms with E-state index in [0.29, 0.717) is 26.2 Å². The van der Waals surface area contributed by atoms with E-state index >= 15 is 0 Å². The molecule has 1 aliphatic rings. The van der Waals surface area contributed by atoms with E-state index in [1.165, 1.54) is 4.88 Å². The number of rotatable bonds is 6. The molecule has 0 N–H and O–H groups in total. The standard InChI is InChI=1S/C17H21N3O2S/c21-17(6-5-16-2-1-11-23-16)20-9-10-22-13-15(20)4-3-14-12-18-7-8-19-14/h1-2,7-8,11-12,15H,3-6,9-10,13H2/t15-/m0/s1. The second kappa shape index (κ2) is 8.17. The van der Waals surface area contributed by atoms with Crippen LogP contribution in [0.2, 0.25) is 0 Å². The number of morpholine rings is 1. The average molecular weight is 331 g/mol. The van der Waals surface area contributed by atoms with Gasteiger partial charge in [-0.1, -0.05) is 6.07 Å². The van der Waals surface area contributed by atoms with Gasteiger partial charge < -0.3 is 9.64 Å². The molecule has 1 saturated heterocycles. The Labute approximate surface area is 140 Å². The Bertz CT molecular complexity index is 604. The summed E-state index contributed by atoms with van der Waals surface area (Å²) >= 11 is 1.71. The van der Waals surface area contributed by atoms with Gasteiger partial charge >= 0.3 is 0 Å². The van der Waals surface area contributed by atoms with Crippen LogP contribution in [0.1, 0.15) is 23.4 Å². The van der Waals surface area contributed by atoms with Crippen molar-refractivity contribution in [3.05, 3.63) is 46.7 Å². The van der Waals surface area contributed by atoms with Crippen molar-refractivity contribution in [2.24, 2.45) is 0 Å². The number of amides is 1. The molecule has 0 radical (unpaired) electrons. The lowest BCUT2D eigenvalue weighted by molar-refractivity contribution is -0.140. The fraction of sp³-hybridized carbons (Fsp3) is 0.471. The maximum absolute atomic E-state index is 12.6. The van der Waals surface area contributed by atoms with E-state index in [1.54, 1.807) is 29.9 Å². The molecule has 23 heavy (non-hydrogen) atoms. The molecule has 1 amide bonds. The summed E-state index contributed by atoms with van der Waals surface area (Å²) < 4.78 is 5.57. The fourth-order valence-corrected chi connectivity index (χ4v) is 3.53. The number of hydrogen-bond acceptors (Lipinski definition) is 5. The van der Waals surface area contributed by atoms with Crippen molar-refractivity contribution in [2.45, 2.75) is 31.7 Å². The van der Waals surface area contributed by atoms with Crippen LogP contribution < -0.4 is 0 Å². The highest BCUT2D eigenvalue weighted by Crippen LogP contribution is 2.17. The molecule has 0 saturated carbocycles. The predicted molar refractivity (Wildman–Crippen MR) is 89.3 cm³/mol. The number of aryl methyl sites for hydroxylation is 2. The van der Waals surface area contributed by atoms with Crippen molar-refractivity contribution in [2.75, 3.05) is 19.8 Å². The van der Waals surface area contributed by atoms with E-state index in [-0.39, 0.29) is 11.9 Å². The van der Waals surface area contributed by atoms with E-state index < -0.39 is 0 Å². The summed E-state index contributed by atoms with van der Waals surface area (Å²) in [7, 11) is 0. The minimum Gasteiger partial charge on any atom is -0.377 e. The third kappa shape index (κ3) is 4.59. The van der Waals surface area contributed by atoms with E-state index in [1.807, 2.05) is 11.0 Å². The third-order valence-electron chi connectivity index (χ3n) is 4.06.